The minimum absolute atomic E-state index is 0.489. The molecule has 0 aliphatic heterocycles. The first kappa shape index (κ1) is 15.9. The largest absolute Gasteiger partial charge is 0.315 e. The number of aromatic nitrogens is 7. The summed E-state index contributed by atoms with van der Waals surface area (Å²) in [5.74, 6) is 1.50. The van der Waals surface area contributed by atoms with E-state index in [-0.39, 0.29) is 0 Å². The number of pyridine rings is 1. The van der Waals surface area contributed by atoms with E-state index in [9.17, 15) is 0 Å². The van der Waals surface area contributed by atoms with Crippen LogP contribution in [0.3, 0.4) is 0 Å². The lowest BCUT2D eigenvalue weighted by Crippen LogP contribution is -2.05. The second kappa shape index (κ2) is 6.20. The van der Waals surface area contributed by atoms with Crippen LogP contribution in [0.2, 0.25) is 0 Å². The molecule has 7 nitrogen and oxygen atoms in total. The van der Waals surface area contributed by atoms with Crippen LogP contribution in [-0.2, 0) is 6.54 Å². The van der Waals surface area contributed by atoms with Gasteiger partial charge in [0.2, 0.25) is 0 Å². The summed E-state index contributed by atoms with van der Waals surface area (Å²) >= 11 is 0. The Hall–Kier alpha value is -4.13. The summed E-state index contributed by atoms with van der Waals surface area (Å²) in [6.45, 7) is 0.489. The molecule has 6 aromatic rings. The number of imidazole rings is 1. The molecule has 0 saturated heterocycles. The first-order valence-corrected chi connectivity index (χ1v) is 9.32. The van der Waals surface area contributed by atoms with Gasteiger partial charge in [-0.15, -0.1) is 5.10 Å². The first-order valence-electron chi connectivity index (χ1n) is 9.32. The van der Waals surface area contributed by atoms with E-state index in [0.717, 1.165) is 39.1 Å². The van der Waals surface area contributed by atoms with E-state index in [4.69, 9.17) is 9.97 Å². The molecule has 0 fully saturated rings. The van der Waals surface area contributed by atoms with Crippen molar-refractivity contribution in [2.75, 3.05) is 0 Å². The molecule has 0 aliphatic carbocycles. The van der Waals surface area contributed by atoms with Crippen LogP contribution in [0.15, 0.2) is 79.3 Å². The summed E-state index contributed by atoms with van der Waals surface area (Å²) in [7, 11) is 0. The van der Waals surface area contributed by atoms with E-state index in [2.05, 4.69) is 25.7 Å². The van der Waals surface area contributed by atoms with Gasteiger partial charge in [0.05, 0.1) is 23.1 Å². The summed E-state index contributed by atoms with van der Waals surface area (Å²) in [6, 6.07) is 21.8. The van der Waals surface area contributed by atoms with Crippen molar-refractivity contribution in [1.82, 2.24) is 34.1 Å². The molecule has 6 rings (SSSR count). The number of hydrogen-bond acceptors (Lipinski definition) is 5. The van der Waals surface area contributed by atoms with Crippen molar-refractivity contribution in [1.29, 1.82) is 0 Å². The fourth-order valence-corrected chi connectivity index (χ4v) is 3.66. The lowest BCUT2D eigenvalue weighted by Gasteiger charge is -2.06. The molecule has 29 heavy (non-hydrogen) atoms. The minimum atomic E-state index is 0.489. The van der Waals surface area contributed by atoms with Gasteiger partial charge < -0.3 is 4.57 Å². The SMILES string of the molecule is c1ccc(-c2nc3ccccc3n2Cc2nc3c4ccccc4ncn3n2)nc1. The van der Waals surface area contributed by atoms with Crippen molar-refractivity contribution in [3.63, 3.8) is 0 Å². The van der Waals surface area contributed by atoms with Crippen molar-refractivity contribution < 1.29 is 0 Å². The van der Waals surface area contributed by atoms with E-state index in [0.29, 0.717) is 12.4 Å². The zero-order chi connectivity index (χ0) is 19.2. The highest BCUT2D eigenvalue weighted by molar-refractivity contribution is 5.90. The fraction of sp³-hybridized carbons (Fsp3) is 0.0455. The zero-order valence-electron chi connectivity index (χ0n) is 15.3. The van der Waals surface area contributed by atoms with Crippen LogP contribution in [0.1, 0.15) is 5.82 Å². The number of fused-ring (bicyclic) bond motifs is 4. The maximum Gasteiger partial charge on any atom is 0.171 e. The van der Waals surface area contributed by atoms with Gasteiger partial charge >= 0.3 is 0 Å². The molecule has 0 unspecified atom stereocenters. The van der Waals surface area contributed by atoms with E-state index < -0.39 is 0 Å². The molecule has 0 atom stereocenters. The molecular weight excluding hydrogens is 362 g/mol. The molecule has 138 valence electrons. The second-order valence-corrected chi connectivity index (χ2v) is 6.78. The van der Waals surface area contributed by atoms with Crippen molar-refractivity contribution in [3.8, 4) is 11.5 Å². The Morgan fingerprint density at radius 2 is 1.59 bits per heavy atom. The molecule has 0 N–H and O–H groups in total. The standard InChI is InChI=1S/C22H15N7/c1-2-8-16-15(7-1)21-26-20(27-29(21)14-24-16)13-28-19-11-4-3-9-17(19)25-22(28)18-10-5-6-12-23-18/h1-12,14H,13H2. The van der Waals surface area contributed by atoms with Crippen molar-refractivity contribution in [3.05, 3.63) is 85.1 Å². The molecule has 0 bridgehead atoms. The smallest absolute Gasteiger partial charge is 0.171 e. The third-order valence-corrected chi connectivity index (χ3v) is 4.97. The van der Waals surface area contributed by atoms with Crippen molar-refractivity contribution in [2.45, 2.75) is 6.54 Å². The second-order valence-electron chi connectivity index (χ2n) is 6.78. The van der Waals surface area contributed by atoms with Gasteiger partial charge in [-0.25, -0.2) is 19.5 Å². The highest BCUT2D eigenvalue weighted by atomic mass is 15.3. The maximum absolute atomic E-state index is 4.81. The molecule has 2 aromatic carbocycles. The summed E-state index contributed by atoms with van der Waals surface area (Å²) in [5, 5.41) is 5.63. The number of nitrogens with zero attached hydrogens (tertiary/aromatic N) is 7. The Bertz CT molecular complexity index is 1480. The molecule has 0 amide bonds. The van der Waals surface area contributed by atoms with Gasteiger partial charge in [0.1, 0.15) is 12.0 Å². The van der Waals surface area contributed by atoms with Gasteiger partial charge in [-0.2, -0.15) is 0 Å². The molecule has 4 aromatic heterocycles. The molecule has 4 heterocycles. The molecule has 0 aliphatic rings. The number of hydrogen-bond donors (Lipinski definition) is 0. The molecule has 7 heteroatoms. The molecule has 0 saturated carbocycles. The van der Waals surface area contributed by atoms with E-state index >= 15 is 0 Å². The van der Waals surface area contributed by atoms with Crippen LogP contribution in [0.5, 0.6) is 0 Å². The van der Waals surface area contributed by atoms with Crippen LogP contribution >= 0.6 is 0 Å². The summed E-state index contributed by atoms with van der Waals surface area (Å²) in [4.78, 5) is 18.6. The summed E-state index contributed by atoms with van der Waals surface area (Å²) in [6.07, 6.45) is 3.49. The topological polar surface area (TPSA) is 73.8 Å². The molecular formula is C22H15N7. The normalized spacial score (nSPS) is 11.6. The van der Waals surface area contributed by atoms with Crippen LogP contribution in [0.25, 0.3) is 39.1 Å². The fourth-order valence-electron chi connectivity index (χ4n) is 3.66. The van der Waals surface area contributed by atoms with Gasteiger partial charge in [0.25, 0.3) is 0 Å². The lowest BCUT2D eigenvalue weighted by atomic mass is 10.2. The summed E-state index contributed by atoms with van der Waals surface area (Å²) in [5.41, 5.74) is 4.47. The Labute approximate surface area is 165 Å². The number of rotatable bonds is 3. The van der Waals surface area contributed by atoms with Crippen LogP contribution in [0.4, 0.5) is 0 Å². The average molecular weight is 377 g/mol. The van der Waals surface area contributed by atoms with Crippen molar-refractivity contribution >= 4 is 27.6 Å². The number of para-hydroxylation sites is 3. The lowest BCUT2D eigenvalue weighted by molar-refractivity contribution is 0.760. The monoisotopic (exact) mass is 377 g/mol. The highest BCUT2D eigenvalue weighted by Crippen LogP contribution is 2.24. The predicted molar refractivity (Wildman–Crippen MR) is 110 cm³/mol. The van der Waals surface area contributed by atoms with E-state index in [1.807, 2.05) is 60.7 Å². The summed E-state index contributed by atoms with van der Waals surface area (Å²) < 4.78 is 3.85. The van der Waals surface area contributed by atoms with Gasteiger partial charge in [-0.05, 0) is 36.4 Å². The van der Waals surface area contributed by atoms with Crippen molar-refractivity contribution in [2.24, 2.45) is 0 Å². The highest BCUT2D eigenvalue weighted by Gasteiger charge is 2.16. The van der Waals surface area contributed by atoms with E-state index in [1.165, 1.54) is 0 Å². The predicted octanol–water partition coefficient (Wildman–Crippen LogP) is 3.74. The third-order valence-electron chi connectivity index (χ3n) is 4.97. The maximum atomic E-state index is 4.81. The van der Waals surface area contributed by atoms with Gasteiger partial charge in [-0.1, -0.05) is 30.3 Å². The first-order chi connectivity index (χ1) is 14.4. The van der Waals surface area contributed by atoms with E-state index in [1.54, 1.807) is 17.0 Å². The van der Waals surface area contributed by atoms with Crippen LogP contribution in [-0.4, -0.2) is 34.1 Å². The van der Waals surface area contributed by atoms with Gasteiger partial charge in [0, 0.05) is 11.6 Å². The average Bonchev–Trinajstić information content (AvgIpc) is 3.36. The Morgan fingerprint density at radius 3 is 2.48 bits per heavy atom. The quantitative estimate of drug-likeness (QED) is 0.470. The Morgan fingerprint density at radius 1 is 0.759 bits per heavy atom. The van der Waals surface area contributed by atoms with Gasteiger partial charge in [-0.3, -0.25) is 4.98 Å². The van der Waals surface area contributed by atoms with Gasteiger partial charge in [0.15, 0.2) is 17.3 Å². The Kier molecular flexibility index (Phi) is 3.40. The Balaban J connectivity index is 1.53. The zero-order valence-corrected chi connectivity index (χ0v) is 15.3. The minimum Gasteiger partial charge on any atom is -0.315 e. The molecule has 0 radical (unpaired) electrons. The van der Waals surface area contributed by atoms with Crippen LogP contribution in [0, 0.1) is 0 Å². The van der Waals surface area contributed by atoms with Crippen LogP contribution < -0.4 is 0 Å². The number of benzene rings is 2. The third kappa shape index (κ3) is 2.55. The molecule has 0 spiro atoms.